The summed E-state index contributed by atoms with van der Waals surface area (Å²) in [6.07, 6.45) is 8.32. The molecule has 0 spiro atoms. The molecule has 2 heterocycles. The second kappa shape index (κ2) is 6.40. The fourth-order valence-electron chi connectivity index (χ4n) is 4.24. The third-order valence-electron chi connectivity index (χ3n) is 5.65. The largest absolute Gasteiger partial charge is 0.351 e. The zero-order valence-corrected chi connectivity index (χ0v) is 13.9. The third-order valence-corrected chi connectivity index (χ3v) is 5.65. The Balaban J connectivity index is 1.40. The molecule has 2 aromatic rings. The molecule has 2 N–H and O–H groups in total. The molecule has 4 rings (SSSR count). The fraction of sp³-hybridized carbons (Fsp3) is 0.474. The number of rotatable bonds is 4. The lowest BCUT2D eigenvalue weighted by Gasteiger charge is -2.37. The van der Waals surface area contributed by atoms with Crippen LogP contribution in [0.5, 0.6) is 0 Å². The van der Waals surface area contributed by atoms with Crippen LogP contribution in [-0.2, 0) is 11.3 Å². The minimum absolute atomic E-state index is 0.173. The van der Waals surface area contributed by atoms with Crippen molar-refractivity contribution >= 4 is 5.91 Å². The topological polar surface area (TPSA) is 59.0 Å². The summed E-state index contributed by atoms with van der Waals surface area (Å²) in [6.45, 7) is 2.42. The van der Waals surface area contributed by atoms with Gasteiger partial charge in [-0.05, 0) is 49.1 Å². The van der Waals surface area contributed by atoms with Crippen molar-refractivity contribution in [1.82, 2.24) is 20.4 Å². The SMILES string of the molecule is O=C(NCc1ccc(-n2cccn2)cc1)[C@@]12CCCC[C@H]1CNC2. The first-order valence-electron chi connectivity index (χ1n) is 8.86. The summed E-state index contributed by atoms with van der Waals surface area (Å²) in [5.74, 6) is 0.738. The number of nitrogens with zero attached hydrogens (tertiary/aromatic N) is 2. The number of hydrogen-bond donors (Lipinski definition) is 2. The smallest absolute Gasteiger partial charge is 0.228 e. The van der Waals surface area contributed by atoms with Crippen molar-refractivity contribution in [3.8, 4) is 5.69 Å². The molecule has 2 fully saturated rings. The van der Waals surface area contributed by atoms with Crippen LogP contribution in [0.25, 0.3) is 5.69 Å². The molecule has 1 aliphatic carbocycles. The lowest BCUT2D eigenvalue weighted by molar-refractivity contribution is -0.134. The zero-order chi connectivity index (χ0) is 16.4. The first-order chi connectivity index (χ1) is 11.8. The van der Waals surface area contributed by atoms with Gasteiger partial charge >= 0.3 is 0 Å². The van der Waals surface area contributed by atoms with Gasteiger partial charge in [0.1, 0.15) is 0 Å². The minimum Gasteiger partial charge on any atom is -0.351 e. The van der Waals surface area contributed by atoms with Gasteiger partial charge in [-0.1, -0.05) is 25.0 Å². The highest BCUT2D eigenvalue weighted by atomic mass is 16.2. The van der Waals surface area contributed by atoms with Crippen molar-refractivity contribution in [2.45, 2.75) is 32.2 Å². The standard InChI is InChI=1S/C19H24N4O/c24-18(19-9-2-1-4-16(19)13-20-14-19)21-12-15-5-7-17(8-6-15)23-11-3-10-22-23/h3,5-8,10-11,16,20H,1-2,4,9,12-14H2,(H,21,24)/t16-,19+/m0/s1. The van der Waals surface area contributed by atoms with Crippen LogP contribution in [0.1, 0.15) is 31.2 Å². The van der Waals surface area contributed by atoms with Gasteiger partial charge in [0.15, 0.2) is 0 Å². The van der Waals surface area contributed by atoms with E-state index in [1.165, 1.54) is 19.3 Å². The fourth-order valence-corrected chi connectivity index (χ4v) is 4.24. The monoisotopic (exact) mass is 324 g/mol. The molecule has 2 aliphatic rings. The summed E-state index contributed by atoms with van der Waals surface area (Å²) in [7, 11) is 0. The number of fused-ring (bicyclic) bond motifs is 1. The van der Waals surface area contributed by atoms with Crippen LogP contribution in [0.2, 0.25) is 0 Å². The molecule has 126 valence electrons. The molecule has 1 saturated carbocycles. The predicted octanol–water partition coefficient (Wildman–Crippen LogP) is 2.27. The Morgan fingerprint density at radius 2 is 2.21 bits per heavy atom. The third kappa shape index (κ3) is 2.73. The molecule has 0 bridgehead atoms. The maximum atomic E-state index is 12.9. The van der Waals surface area contributed by atoms with E-state index in [-0.39, 0.29) is 11.3 Å². The van der Waals surface area contributed by atoms with Gasteiger partial charge in [-0.2, -0.15) is 5.10 Å². The van der Waals surface area contributed by atoms with E-state index in [1.54, 1.807) is 6.20 Å². The van der Waals surface area contributed by atoms with Crippen molar-refractivity contribution in [2.24, 2.45) is 11.3 Å². The molecule has 5 heteroatoms. The van der Waals surface area contributed by atoms with Gasteiger partial charge in [-0.25, -0.2) is 4.68 Å². The molecule has 1 saturated heterocycles. The maximum absolute atomic E-state index is 12.9. The first kappa shape index (κ1) is 15.4. The van der Waals surface area contributed by atoms with Gasteiger partial charge in [0.25, 0.3) is 0 Å². The molecule has 2 atom stereocenters. The Hall–Kier alpha value is -2.14. The molecule has 0 unspecified atom stereocenters. The molecule has 1 amide bonds. The van der Waals surface area contributed by atoms with Crippen LogP contribution in [0.15, 0.2) is 42.7 Å². The second-order valence-electron chi connectivity index (χ2n) is 7.03. The van der Waals surface area contributed by atoms with Crippen LogP contribution in [0.3, 0.4) is 0 Å². The van der Waals surface area contributed by atoms with E-state index in [4.69, 9.17) is 0 Å². The highest BCUT2D eigenvalue weighted by molar-refractivity contribution is 5.83. The maximum Gasteiger partial charge on any atom is 0.228 e. The average molecular weight is 324 g/mol. The number of amides is 1. The number of aromatic nitrogens is 2. The summed E-state index contributed by atoms with van der Waals surface area (Å²) in [5, 5.41) is 10.8. The Kier molecular flexibility index (Phi) is 4.10. The summed E-state index contributed by atoms with van der Waals surface area (Å²) < 4.78 is 1.83. The van der Waals surface area contributed by atoms with Crippen LogP contribution >= 0.6 is 0 Å². The zero-order valence-electron chi connectivity index (χ0n) is 13.9. The van der Waals surface area contributed by atoms with Crippen molar-refractivity contribution in [3.63, 3.8) is 0 Å². The predicted molar refractivity (Wildman–Crippen MR) is 92.7 cm³/mol. The van der Waals surface area contributed by atoms with Crippen LogP contribution in [0.4, 0.5) is 0 Å². The number of carbonyl (C=O) groups is 1. The summed E-state index contributed by atoms with van der Waals surface area (Å²) >= 11 is 0. The molecular formula is C19H24N4O. The second-order valence-corrected chi connectivity index (χ2v) is 7.03. The molecule has 5 nitrogen and oxygen atoms in total. The summed E-state index contributed by atoms with van der Waals surface area (Å²) in [6, 6.07) is 10.1. The van der Waals surface area contributed by atoms with Crippen LogP contribution in [-0.4, -0.2) is 28.8 Å². The van der Waals surface area contributed by atoms with Gasteiger partial charge in [-0.15, -0.1) is 0 Å². The number of carbonyl (C=O) groups excluding carboxylic acids is 1. The highest BCUT2D eigenvalue weighted by Crippen LogP contribution is 2.43. The van der Waals surface area contributed by atoms with Gasteiger partial charge in [0.2, 0.25) is 5.91 Å². The van der Waals surface area contributed by atoms with Crippen molar-refractivity contribution in [3.05, 3.63) is 48.3 Å². The van der Waals surface area contributed by atoms with E-state index >= 15 is 0 Å². The van der Waals surface area contributed by atoms with Crippen LogP contribution in [0, 0.1) is 11.3 Å². The van der Waals surface area contributed by atoms with Gasteiger partial charge in [0, 0.05) is 25.5 Å². The molecule has 1 aromatic heterocycles. The van der Waals surface area contributed by atoms with Gasteiger partial charge < -0.3 is 10.6 Å². The van der Waals surface area contributed by atoms with E-state index in [0.717, 1.165) is 30.8 Å². The number of nitrogens with one attached hydrogen (secondary N) is 2. The van der Waals surface area contributed by atoms with E-state index in [0.29, 0.717) is 12.5 Å². The molecular weight excluding hydrogens is 300 g/mol. The van der Waals surface area contributed by atoms with Crippen molar-refractivity contribution in [2.75, 3.05) is 13.1 Å². The Morgan fingerprint density at radius 3 is 3.00 bits per heavy atom. The summed E-state index contributed by atoms with van der Waals surface area (Å²) in [4.78, 5) is 12.9. The van der Waals surface area contributed by atoms with E-state index in [1.807, 2.05) is 29.1 Å². The van der Waals surface area contributed by atoms with Crippen molar-refractivity contribution in [1.29, 1.82) is 0 Å². The molecule has 1 aromatic carbocycles. The Bertz CT molecular complexity index is 695. The van der Waals surface area contributed by atoms with Gasteiger partial charge in [0.05, 0.1) is 11.1 Å². The molecule has 1 aliphatic heterocycles. The lowest BCUT2D eigenvalue weighted by Crippen LogP contribution is -2.47. The highest BCUT2D eigenvalue weighted by Gasteiger charge is 2.49. The van der Waals surface area contributed by atoms with Crippen LogP contribution < -0.4 is 10.6 Å². The Labute approximate surface area is 142 Å². The quantitative estimate of drug-likeness (QED) is 0.907. The first-order valence-corrected chi connectivity index (χ1v) is 8.86. The van der Waals surface area contributed by atoms with E-state index in [2.05, 4.69) is 27.9 Å². The van der Waals surface area contributed by atoms with Crippen molar-refractivity contribution < 1.29 is 4.79 Å². The molecule has 24 heavy (non-hydrogen) atoms. The number of benzene rings is 1. The lowest BCUT2D eigenvalue weighted by atomic mass is 9.67. The summed E-state index contributed by atoms with van der Waals surface area (Å²) in [5.41, 5.74) is 1.97. The minimum atomic E-state index is -0.173. The average Bonchev–Trinajstić information content (AvgIpc) is 3.30. The number of hydrogen-bond acceptors (Lipinski definition) is 3. The van der Waals surface area contributed by atoms with E-state index in [9.17, 15) is 4.79 Å². The van der Waals surface area contributed by atoms with E-state index < -0.39 is 0 Å². The van der Waals surface area contributed by atoms with Gasteiger partial charge in [-0.3, -0.25) is 4.79 Å². The molecule has 0 radical (unpaired) electrons. The Morgan fingerprint density at radius 1 is 1.33 bits per heavy atom. The normalized spacial score (nSPS) is 26.1.